The van der Waals surface area contributed by atoms with Crippen molar-refractivity contribution < 1.29 is 27.1 Å². The normalized spacial score (nSPS) is 11.1. The molecule has 0 unspecified atom stereocenters. The lowest BCUT2D eigenvalue weighted by Gasteiger charge is -2.18. The van der Waals surface area contributed by atoms with Gasteiger partial charge in [-0.05, 0) is 12.1 Å². The zero-order valence-electron chi connectivity index (χ0n) is 14.0. The molecule has 0 heterocycles. The van der Waals surface area contributed by atoms with Crippen LogP contribution in [0, 0.1) is 0 Å². The Morgan fingerprint density at radius 2 is 0.875 bits per heavy atom. The number of hydrogen-bond acceptors (Lipinski definition) is 6. The Hall–Kier alpha value is -1.26. The van der Waals surface area contributed by atoms with Gasteiger partial charge in [-0.2, -0.15) is 0 Å². The van der Waals surface area contributed by atoms with Crippen LogP contribution in [0.4, 0.5) is 0 Å². The number of rotatable bonds is 9. The summed E-state index contributed by atoms with van der Waals surface area (Å²) in [4.78, 5) is 0. The predicted octanol–water partition coefficient (Wildman–Crippen LogP) is 5.15. The van der Waals surface area contributed by atoms with Gasteiger partial charge in [0, 0.05) is 39.6 Å². The molecule has 0 N–H and O–H groups in total. The minimum atomic E-state index is -1.46. The van der Waals surface area contributed by atoms with Crippen LogP contribution >= 0.6 is 17.2 Å². The quantitative estimate of drug-likeness (QED) is 0.569. The molecule has 2 aromatic rings. The molecule has 2 aromatic carbocycles. The molecule has 0 fully saturated rings. The van der Waals surface area contributed by atoms with E-state index in [9.17, 15) is 0 Å². The molecule has 130 valence electrons. The summed E-state index contributed by atoms with van der Waals surface area (Å²) < 4.78 is 32.3. The van der Waals surface area contributed by atoms with Crippen LogP contribution in [0.25, 0.3) is 11.1 Å². The fourth-order valence-corrected chi connectivity index (χ4v) is 3.23. The van der Waals surface area contributed by atoms with Crippen LogP contribution in [0.1, 0.15) is 0 Å². The van der Waals surface area contributed by atoms with Gasteiger partial charge < -0.3 is 27.1 Å². The highest BCUT2D eigenvalue weighted by atomic mass is 31.2. The van der Waals surface area contributed by atoms with Crippen LogP contribution in [0.5, 0.6) is 11.5 Å². The van der Waals surface area contributed by atoms with E-state index in [-0.39, 0.29) is 0 Å². The molecule has 0 saturated carbocycles. The molecule has 0 aromatic heterocycles. The van der Waals surface area contributed by atoms with E-state index in [1.807, 2.05) is 48.5 Å². The van der Waals surface area contributed by atoms with Crippen molar-refractivity contribution in [3.63, 3.8) is 0 Å². The molecule has 0 amide bonds. The van der Waals surface area contributed by atoms with E-state index in [2.05, 4.69) is 0 Å². The van der Waals surface area contributed by atoms with Crippen LogP contribution in [-0.2, 0) is 18.1 Å². The second-order valence-electron chi connectivity index (χ2n) is 4.35. The maximum atomic E-state index is 5.82. The molecule has 2 rings (SSSR count). The van der Waals surface area contributed by atoms with E-state index < -0.39 is 17.2 Å². The summed E-state index contributed by atoms with van der Waals surface area (Å²) in [7, 11) is 3.25. The van der Waals surface area contributed by atoms with Crippen molar-refractivity contribution in [2.75, 3.05) is 28.4 Å². The third-order valence-corrected chi connectivity index (χ3v) is 4.89. The van der Waals surface area contributed by atoms with E-state index in [1.54, 1.807) is 28.4 Å². The molecule has 0 radical (unpaired) electrons. The van der Waals surface area contributed by atoms with Gasteiger partial charge in [-0.15, -0.1) is 0 Å². The van der Waals surface area contributed by atoms with Crippen LogP contribution in [0.3, 0.4) is 0 Å². The summed E-state index contributed by atoms with van der Waals surface area (Å²) in [5, 5.41) is 0. The summed E-state index contributed by atoms with van der Waals surface area (Å²) in [5.74, 6) is 1.28. The molecule has 0 aliphatic rings. The summed E-state index contributed by atoms with van der Waals surface area (Å²) in [6.45, 7) is 0. The van der Waals surface area contributed by atoms with Gasteiger partial charge in [0.05, 0.1) is 0 Å². The minimum Gasteiger partial charge on any atom is -0.426 e. The fourth-order valence-electron chi connectivity index (χ4n) is 2.00. The highest BCUT2D eigenvalue weighted by molar-refractivity contribution is 7.42. The van der Waals surface area contributed by atoms with E-state index >= 15 is 0 Å². The van der Waals surface area contributed by atoms with Crippen LogP contribution in [0.15, 0.2) is 48.5 Å². The van der Waals surface area contributed by atoms with Gasteiger partial charge >= 0.3 is 17.2 Å². The molecule has 0 bridgehead atoms. The predicted molar refractivity (Wildman–Crippen MR) is 95.0 cm³/mol. The first-order chi connectivity index (χ1) is 11.7. The monoisotopic (exact) mass is 370 g/mol. The summed E-state index contributed by atoms with van der Waals surface area (Å²) in [6.07, 6.45) is 0. The van der Waals surface area contributed by atoms with Crippen LogP contribution in [-0.4, -0.2) is 28.4 Å². The summed E-state index contributed by atoms with van der Waals surface area (Å²) in [6, 6.07) is 15.2. The first kappa shape index (κ1) is 19.1. The number of benzene rings is 2. The van der Waals surface area contributed by atoms with Crippen molar-refractivity contribution >= 4 is 17.2 Å². The van der Waals surface area contributed by atoms with E-state index in [0.29, 0.717) is 11.5 Å². The molecule has 0 aliphatic heterocycles. The second-order valence-corrected chi connectivity index (χ2v) is 7.07. The molecule has 6 nitrogen and oxygen atoms in total. The van der Waals surface area contributed by atoms with Crippen LogP contribution in [0.2, 0.25) is 0 Å². The van der Waals surface area contributed by atoms with Crippen molar-refractivity contribution in [3.05, 3.63) is 48.5 Å². The minimum absolute atomic E-state index is 0.641. The summed E-state index contributed by atoms with van der Waals surface area (Å²) in [5.41, 5.74) is 1.72. The Morgan fingerprint density at radius 3 is 1.21 bits per heavy atom. The van der Waals surface area contributed by atoms with Crippen molar-refractivity contribution in [2.45, 2.75) is 0 Å². The molecular weight excluding hydrogens is 350 g/mol. The van der Waals surface area contributed by atoms with Crippen molar-refractivity contribution in [1.29, 1.82) is 0 Å². The van der Waals surface area contributed by atoms with Gasteiger partial charge in [0.2, 0.25) is 0 Å². The topological polar surface area (TPSA) is 55.4 Å². The Kier molecular flexibility index (Phi) is 7.86. The average Bonchev–Trinajstić information content (AvgIpc) is 2.64. The molecule has 0 spiro atoms. The second kappa shape index (κ2) is 9.90. The Labute approximate surface area is 144 Å². The maximum absolute atomic E-state index is 5.82. The SMILES string of the molecule is COP(OC)Oc1ccccc1-c1ccccc1OP(OC)OC. The van der Waals surface area contributed by atoms with Gasteiger partial charge in [0.15, 0.2) is 0 Å². The smallest absolute Gasteiger partial charge is 0.396 e. The molecule has 0 aliphatic carbocycles. The lowest BCUT2D eigenvalue weighted by atomic mass is 10.0. The first-order valence-electron chi connectivity index (χ1n) is 7.04. The van der Waals surface area contributed by atoms with Gasteiger partial charge in [-0.3, -0.25) is 0 Å². The lowest BCUT2D eigenvalue weighted by molar-refractivity contribution is 0.275. The average molecular weight is 370 g/mol. The van der Waals surface area contributed by atoms with Gasteiger partial charge in [0.1, 0.15) is 11.5 Å². The highest BCUT2D eigenvalue weighted by Gasteiger charge is 2.18. The van der Waals surface area contributed by atoms with Crippen LogP contribution < -0.4 is 9.05 Å². The largest absolute Gasteiger partial charge is 0.426 e. The van der Waals surface area contributed by atoms with Crippen molar-refractivity contribution in [2.24, 2.45) is 0 Å². The summed E-state index contributed by atoms with van der Waals surface area (Å²) >= 11 is 0. The molecule has 8 heteroatoms. The molecule has 0 atom stereocenters. The molecule has 24 heavy (non-hydrogen) atoms. The Balaban J connectivity index is 2.38. The zero-order chi connectivity index (χ0) is 17.4. The van der Waals surface area contributed by atoms with E-state index in [4.69, 9.17) is 27.1 Å². The lowest BCUT2D eigenvalue weighted by Crippen LogP contribution is -1.96. The van der Waals surface area contributed by atoms with Crippen molar-refractivity contribution in [1.82, 2.24) is 0 Å². The third-order valence-electron chi connectivity index (χ3n) is 3.01. The zero-order valence-corrected chi connectivity index (χ0v) is 15.8. The van der Waals surface area contributed by atoms with Gasteiger partial charge in [0.25, 0.3) is 0 Å². The Morgan fingerprint density at radius 1 is 0.542 bits per heavy atom. The van der Waals surface area contributed by atoms with E-state index in [0.717, 1.165) is 11.1 Å². The van der Waals surface area contributed by atoms with Gasteiger partial charge in [-0.1, -0.05) is 36.4 Å². The Bertz CT molecular complexity index is 576. The third kappa shape index (κ3) is 4.87. The number of para-hydroxylation sites is 2. The fraction of sp³-hybridized carbons (Fsp3) is 0.250. The highest BCUT2D eigenvalue weighted by Crippen LogP contribution is 2.47. The standard InChI is InChI=1S/C16H20O6P2/c1-17-23(18-2)21-15-11-7-5-9-13(15)14-10-6-8-12-16(14)22-24(19-3)20-4/h5-12H,1-4H3. The van der Waals surface area contributed by atoms with Crippen molar-refractivity contribution in [3.8, 4) is 22.6 Å². The first-order valence-corrected chi connectivity index (χ1v) is 9.23. The maximum Gasteiger partial charge on any atom is 0.396 e. The van der Waals surface area contributed by atoms with Gasteiger partial charge in [-0.25, -0.2) is 0 Å². The molecular formula is C16H20O6P2. The number of hydrogen-bond donors (Lipinski definition) is 0. The molecule has 0 saturated heterocycles. The van der Waals surface area contributed by atoms with E-state index in [1.165, 1.54) is 0 Å².